The summed E-state index contributed by atoms with van der Waals surface area (Å²) in [5.74, 6) is 1.40. The predicted octanol–water partition coefficient (Wildman–Crippen LogP) is 6.89. The fourth-order valence-corrected chi connectivity index (χ4v) is 3.75. The van der Waals surface area contributed by atoms with Crippen LogP contribution in [0.15, 0.2) is 66.7 Å². The summed E-state index contributed by atoms with van der Waals surface area (Å²) in [7, 11) is 0. The van der Waals surface area contributed by atoms with E-state index >= 15 is 0 Å². The number of aryl methyl sites for hydroxylation is 1. The monoisotopic (exact) mass is 563 g/mol. The Kier molecular flexibility index (Phi) is 11.1. The molecule has 0 spiro atoms. The second-order valence-corrected chi connectivity index (χ2v) is 8.12. The summed E-state index contributed by atoms with van der Waals surface area (Å²) in [5, 5.41) is 9.61. The summed E-state index contributed by atoms with van der Waals surface area (Å²) in [4.78, 5) is 2.32. The Morgan fingerprint density at radius 1 is 1.12 bits per heavy atom. The molecule has 0 bridgehead atoms. The number of allylic oxidation sites excluding steroid dienone is 1. The molecule has 0 saturated carbocycles. The Morgan fingerprint density at radius 2 is 1.85 bits per heavy atom. The third-order valence-corrected chi connectivity index (χ3v) is 5.61. The smallest absolute Gasteiger partial charge is 0.122 e. The van der Waals surface area contributed by atoms with Gasteiger partial charge >= 0.3 is 0 Å². The number of benzene rings is 3. The average molecular weight is 564 g/mol. The van der Waals surface area contributed by atoms with Crippen LogP contribution in [0.5, 0.6) is 5.75 Å². The van der Waals surface area contributed by atoms with Crippen molar-refractivity contribution in [3.63, 3.8) is 0 Å². The Morgan fingerprint density at radius 3 is 2.48 bits per heavy atom. The maximum Gasteiger partial charge on any atom is 0.122 e. The molecule has 0 amide bonds. The Bertz CT molecular complexity index is 1100. The summed E-state index contributed by atoms with van der Waals surface area (Å²) in [6, 6.07) is 27.5. The van der Waals surface area contributed by atoms with Crippen molar-refractivity contribution in [2.45, 2.75) is 33.6 Å². The zero-order valence-corrected chi connectivity index (χ0v) is 23.1. The molecule has 168 valence electrons. The van der Waals surface area contributed by atoms with Gasteiger partial charge in [0.2, 0.25) is 0 Å². The number of rotatable bonds is 9. The van der Waals surface area contributed by atoms with Gasteiger partial charge in [-0.15, -0.1) is 5.56 Å². The second-order valence-electron chi connectivity index (χ2n) is 8.12. The Hall–Kier alpha value is -2.13. The maximum absolute atomic E-state index is 9.61. The van der Waals surface area contributed by atoms with Crippen molar-refractivity contribution in [3.05, 3.63) is 95.1 Å². The van der Waals surface area contributed by atoms with Crippen molar-refractivity contribution in [1.29, 1.82) is 5.26 Å². The number of ether oxygens (including phenoxy) is 1. The minimum absolute atomic E-state index is 0. The van der Waals surface area contributed by atoms with E-state index in [-0.39, 0.29) is 41.7 Å². The zero-order chi connectivity index (χ0) is 22.9. The number of anilines is 1. The third-order valence-electron chi connectivity index (χ3n) is 5.61. The number of nitriles is 1. The molecule has 3 rings (SSSR count). The Labute approximate surface area is 232 Å². The van der Waals surface area contributed by atoms with Crippen molar-refractivity contribution in [3.8, 4) is 11.8 Å². The minimum atomic E-state index is 0. The van der Waals surface area contributed by atoms with Crippen molar-refractivity contribution < 1.29 is 46.5 Å². The van der Waals surface area contributed by atoms with E-state index in [0.717, 1.165) is 41.2 Å². The summed E-state index contributed by atoms with van der Waals surface area (Å²) in [5.41, 5.74) is 6.16. The van der Waals surface area contributed by atoms with Crippen LogP contribution in [0.25, 0.3) is 11.6 Å². The molecule has 4 heteroatoms. The summed E-state index contributed by atoms with van der Waals surface area (Å²) in [6.07, 6.45) is 1.96. The van der Waals surface area contributed by atoms with Crippen LogP contribution in [-0.4, -0.2) is 19.7 Å². The van der Waals surface area contributed by atoms with E-state index in [1.165, 1.54) is 5.56 Å². The maximum atomic E-state index is 9.61. The molecular weight excluding hydrogens is 532 g/mol. The molecule has 3 nitrogen and oxygen atoms in total. The van der Waals surface area contributed by atoms with Gasteiger partial charge in [-0.05, 0) is 60.7 Å². The first-order valence-electron chi connectivity index (χ1n) is 11.2. The molecule has 0 N–H and O–H groups in total. The number of hydrogen-bond donors (Lipinski definition) is 0. The number of likely N-dealkylation sites (N-methyl/N-ethyl adjacent to an activating group) is 1. The van der Waals surface area contributed by atoms with Gasteiger partial charge in [-0.3, -0.25) is 0 Å². The summed E-state index contributed by atoms with van der Waals surface area (Å²) in [6.45, 7) is 11.0. The standard InChI is InChI=1S/C29H31N2O.Ce/c1-5-31(17-18-32-29-14-10-9-13-28(29)22(2)3)27-16-15-25(23(4)19-27)20-26(21-30)24-11-7-6-8-12-24;/h7-16,19-20,22H,5,17-18H2,1-4H3;/q-1;/b26-20+;. The summed E-state index contributed by atoms with van der Waals surface area (Å²) >= 11 is 0. The normalized spacial score (nSPS) is 11.0. The number of nitrogens with zero attached hydrogens (tertiary/aromatic N) is 2. The number of para-hydroxylation sites is 1. The molecule has 0 aliphatic heterocycles. The fraction of sp³-hybridized carbons (Fsp3) is 0.276. The van der Waals surface area contributed by atoms with Crippen molar-refractivity contribution in [1.82, 2.24) is 0 Å². The van der Waals surface area contributed by atoms with Gasteiger partial charge in [0.1, 0.15) is 12.4 Å². The molecule has 0 radical (unpaired) electrons. The van der Waals surface area contributed by atoms with Crippen LogP contribution in [0.3, 0.4) is 0 Å². The molecule has 3 aromatic carbocycles. The van der Waals surface area contributed by atoms with Crippen LogP contribution < -0.4 is 9.64 Å². The van der Waals surface area contributed by atoms with Gasteiger partial charge in [-0.25, -0.2) is 0 Å². The topological polar surface area (TPSA) is 36.3 Å². The molecule has 0 unspecified atom stereocenters. The first-order valence-corrected chi connectivity index (χ1v) is 11.2. The SMILES string of the molecule is CCN(CCOc1ccccc1C(C)C)c1ccc(/C=C(\C#N)c2cc[c-]cc2)c(C)c1.[Ce]. The quantitative estimate of drug-likeness (QED) is 0.162. The molecule has 0 fully saturated rings. The molecule has 0 aliphatic rings. The average Bonchev–Trinajstić information content (AvgIpc) is 2.82. The first kappa shape index (κ1) is 27.1. The van der Waals surface area contributed by atoms with Gasteiger partial charge in [-0.2, -0.15) is 35.6 Å². The van der Waals surface area contributed by atoms with Crippen molar-refractivity contribution in [2.24, 2.45) is 0 Å². The molecule has 0 atom stereocenters. The minimum Gasteiger partial charge on any atom is -0.491 e. The predicted molar refractivity (Wildman–Crippen MR) is 134 cm³/mol. The zero-order valence-electron chi connectivity index (χ0n) is 19.9. The van der Waals surface area contributed by atoms with Crippen LogP contribution >= 0.6 is 0 Å². The van der Waals surface area contributed by atoms with E-state index in [1.807, 2.05) is 36.4 Å². The van der Waals surface area contributed by atoms with E-state index in [2.05, 4.69) is 81.1 Å². The molecule has 0 aliphatic carbocycles. The largest absolute Gasteiger partial charge is 0.491 e. The molecule has 3 aromatic rings. The van der Waals surface area contributed by atoms with E-state index in [4.69, 9.17) is 4.74 Å². The molecular formula is C29H31CeN2O-. The third kappa shape index (κ3) is 7.43. The van der Waals surface area contributed by atoms with Crippen LogP contribution in [0.1, 0.15) is 48.9 Å². The van der Waals surface area contributed by atoms with Gasteiger partial charge in [0.05, 0.1) is 12.6 Å². The van der Waals surface area contributed by atoms with E-state index < -0.39 is 0 Å². The number of hydrogen-bond acceptors (Lipinski definition) is 3. The molecule has 0 saturated heterocycles. The van der Waals surface area contributed by atoms with Crippen LogP contribution in [-0.2, 0) is 0 Å². The summed E-state index contributed by atoms with van der Waals surface area (Å²) < 4.78 is 6.13. The van der Waals surface area contributed by atoms with Crippen LogP contribution in [0, 0.1) is 66.1 Å². The molecule has 0 heterocycles. The van der Waals surface area contributed by atoms with E-state index in [0.29, 0.717) is 18.1 Å². The molecule has 33 heavy (non-hydrogen) atoms. The second kappa shape index (κ2) is 13.5. The van der Waals surface area contributed by atoms with E-state index in [9.17, 15) is 5.26 Å². The van der Waals surface area contributed by atoms with Gasteiger partial charge in [0.25, 0.3) is 0 Å². The van der Waals surface area contributed by atoms with Gasteiger partial charge in [0.15, 0.2) is 0 Å². The van der Waals surface area contributed by atoms with Gasteiger partial charge in [-0.1, -0.05) is 38.1 Å². The van der Waals surface area contributed by atoms with E-state index in [1.54, 1.807) is 0 Å². The van der Waals surface area contributed by atoms with Crippen molar-refractivity contribution in [2.75, 3.05) is 24.6 Å². The van der Waals surface area contributed by atoms with Crippen molar-refractivity contribution >= 4 is 17.3 Å². The van der Waals surface area contributed by atoms with Gasteiger partial charge in [0, 0.05) is 59.6 Å². The first-order chi connectivity index (χ1) is 15.5. The van der Waals surface area contributed by atoms with Crippen LogP contribution in [0.4, 0.5) is 5.69 Å². The fourth-order valence-electron chi connectivity index (χ4n) is 3.75. The van der Waals surface area contributed by atoms with Crippen LogP contribution in [0.2, 0.25) is 0 Å². The molecule has 0 aromatic heterocycles. The Balaban J connectivity index is 0.00000385. The van der Waals surface area contributed by atoms with Gasteiger partial charge < -0.3 is 9.64 Å².